The van der Waals surface area contributed by atoms with E-state index in [1.165, 1.54) is 12.1 Å². The molecule has 1 spiro atoms. The Bertz CT molecular complexity index is 1060. The van der Waals surface area contributed by atoms with Crippen molar-refractivity contribution in [1.29, 1.82) is 0 Å². The zero-order chi connectivity index (χ0) is 20.7. The molecule has 0 radical (unpaired) electrons. The first-order chi connectivity index (χ1) is 14.6. The zero-order valence-electron chi connectivity index (χ0n) is 16.4. The van der Waals surface area contributed by atoms with Crippen LogP contribution in [0.4, 0.5) is 10.2 Å². The summed E-state index contributed by atoms with van der Waals surface area (Å²) in [6, 6.07) is 4.65. The van der Waals surface area contributed by atoms with E-state index >= 15 is 0 Å². The minimum Gasteiger partial charge on any atom is -0.385 e. The number of hydrogen-bond acceptors (Lipinski definition) is 6. The molecule has 1 aliphatic heterocycles. The number of nitrogens with zero attached hydrogens (tertiary/aromatic N) is 4. The van der Waals surface area contributed by atoms with Gasteiger partial charge in [0.05, 0.1) is 17.3 Å². The van der Waals surface area contributed by atoms with Crippen LogP contribution in [0.25, 0.3) is 11.0 Å². The number of aliphatic hydroxyl groups is 1. The molecule has 3 aromatic heterocycles. The number of carbonyl (C=O) groups excluding carboxylic acids is 1. The lowest BCUT2D eigenvalue weighted by molar-refractivity contribution is -0.128. The summed E-state index contributed by atoms with van der Waals surface area (Å²) in [5, 5.41) is 14.1. The highest BCUT2D eigenvalue weighted by Gasteiger charge is 2.55. The van der Waals surface area contributed by atoms with E-state index in [1.807, 2.05) is 12.3 Å². The highest BCUT2D eigenvalue weighted by atomic mass is 19.1. The fourth-order valence-electron chi connectivity index (χ4n) is 4.54. The fraction of sp³-hybridized carbons (Fsp3) is 0.429. The van der Waals surface area contributed by atoms with Gasteiger partial charge in [0.2, 0.25) is 5.91 Å². The van der Waals surface area contributed by atoms with Crippen molar-refractivity contribution in [3.63, 3.8) is 0 Å². The Labute approximate surface area is 172 Å². The highest BCUT2D eigenvalue weighted by Crippen LogP contribution is 2.56. The summed E-state index contributed by atoms with van der Waals surface area (Å²) >= 11 is 0. The first-order valence-electron chi connectivity index (χ1n) is 10.2. The maximum Gasteiger partial charge on any atom is 0.223 e. The number of rotatable bonds is 5. The molecular formula is C21H23FN6O2. The molecule has 1 amide bonds. The normalized spacial score (nSPS) is 21.0. The zero-order valence-corrected chi connectivity index (χ0v) is 16.4. The molecule has 3 aromatic rings. The highest BCUT2D eigenvalue weighted by molar-refractivity contribution is 5.87. The lowest BCUT2D eigenvalue weighted by Gasteiger charge is -2.39. The molecule has 1 saturated heterocycles. The largest absolute Gasteiger partial charge is 0.385 e. The van der Waals surface area contributed by atoms with Crippen molar-refractivity contribution in [2.75, 3.05) is 24.5 Å². The number of piperidine rings is 1. The van der Waals surface area contributed by atoms with Crippen LogP contribution in [0.2, 0.25) is 0 Å². The molecule has 0 unspecified atom stereocenters. The van der Waals surface area contributed by atoms with Crippen LogP contribution in [0.1, 0.15) is 31.1 Å². The number of carbonyl (C=O) groups is 1. The van der Waals surface area contributed by atoms with E-state index in [0.29, 0.717) is 5.69 Å². The number of anilines is 1. The number of H-pyrrole nitrogens is 1. The van der Waals surface area contributed by atoms with Gasteiger partial charge in [-0.05, 0) is 42.9 Å². The van der Waals surface area contributed by atoms with Gasteiger partial charge in [-0.25, -0.2) is 14.4 Å². The lowest BCUT2D eigenvalue weighted by Crippen LogP contribution is -2.48. The van der Waals surface area contributed by atoms with E-state index in [9.17, 15) is 14.3 Å². The molecule has 2 fully saturated rings. The van der Waals surface area contributed by atoms with Gasteiger partial charge in [0.1, 0.15) is 29.7 Å². The van der Waals surface area contributed by atoms with E-state index < -0.39 is 11.9 Å². The number of amides is 1. The third-order valence-corrected chi connectivity index (χ3v) is 6.34. The summed E-state index contributed by atoms with van der Waals surface area (Å²) in [5.41, 5.74) is 1.11. The van der Waals surface area contributed by atoms with Crippen molar-refractivity contribution >= 4 is 22.8 Å². The van der Waals surface area contributed by atoms with Gasteiger partial charge in [0, 0.05) is 31.7 Å². The first-order valence-corrected chi connectivity index (χ1v) is 10.2. The van der Waals surface area contributed by atoms with Gasteiger partial charge in [0.15, 0.2) is 0 Å². The third kappa shape index (κ3) is 3.39. The van der Waals surface area contributed by atoms with Crippen LogP contribution in [0.3, 0.4) is 0 Å². The number of aromatic nitrogens is 4. The summed E-state index contributed by atoms with van der Waals surface area (Å²) in [5.74, 6) is 0.315. The molecule has 2 aliphatic rings. The van der Waals surface area contributed by atoms with Gasteiger partial charge < -0.3 is 20.3 Å². The number of nitrogens with one attached hydrogen (secondary N) is 2. The molecule has 9 heteroatoms. The fourth-order valence-corrected chi connectivity index (χ4v) is 4.54. The van der Waals surface area contributed by atoms with Gasteiger partial charge in [0.25, 0.3) is 0 Å². The summed E-state index contributed by atoms with van der Waals surface area (Å²) in [6.07, 6.45) is 6.26. The lowest BCUT2D eigenvalue weighted by atomic mass is 9.81. The van der Waals surface area contributed by atoms with Gasteiger partial charge in [-0.15, -0.1) is 0 Å². The molecule has 0 aromatic carbocycles. The van der Waals surface area contributed by atoms with Crippen LogP contribution in [0.5, 0.6) is 0 Å². The topological polar surface area (TPSA) is 107 Å². The standard InChI is InChI=1S/C21H23FN6O2/c22-13-1-2-16(24-9-13)17(29)10-25-20(30)15-4-8-28(11-21(15)5-6-21)19-14-3-7-23-18(14)26-12-27-19/h1-3,7,9,12,15,17,29H,4-6,8,10-11H2,(H,25,30)(H,23,26,27)/t15-,17+/m1/s1. The number of pyridine rings is 1. The molecule has 1 aliphatic carbocycles. The second-order valence-electron chi connectivity index (χ2n) is 8.22. The molecule has 30 heavy (non-hydrogen) atoms. The van der Waals surface area contributed by atoms with Crippen LogP contribution in [-0.4, -0.2) is 50.6 Å². The summed E-state index contributed by atoms with van der Waals surface area (Å²) < 4.78 is 13.0. The third-order valence-electron chi connectivity index (χ3n) is 6.34. The van der Waals surface area contributed by atoms with Crippen LogP contribution in [0, 0.1) is 17.2 Å². The molecule has 5 rings (SSSR count). The molecule has 8 nitrogen and oxygen atoms in total. The smallest absolute Gasteiger partial charge is 0.223 e. The van der Waals surface area contributed by atoms with Crippen molar-refractivity contribution in [2.45, 2.75) is 25.4 Å². The predicted octanol–water partition coefficient (Wildman–Crippen LogP) is 1.95. The summed E-state index contributed by atoms with van der Waals surface area (Å²) in [4.78, 5) is 30.9. The van der Waals surface area contributed by atoms with Crippen molar-refractivity contribution in [1.82, 2.24) is 25.3 Å². The van der Waals surface area contributed by atoms with Crippen LogP contribution < -0.4 is 10.2 Å². The number of aromatic amines is 1. The number of halogens is 1. The molecule has 1 saturated carbocycles. The Morgan fingerprint density at radius 3 is 2.97 bits per heavy atom. The Kier molecular flexibility index (Phi) is 4.62. The maximum absolute atomic E-state index is 13.0. The SMILES string of the molecule is O=C(NC[C@H](O)c1ccc(F)cn1)[C@H]1CCN(c2ncnc3[nH]ccc23)CC12CC2. The van der Waals surface area contributed by atoms with Gasteiger partial charge in [-0.1, -0.05) is 0 Å². The van der Waals surface area contributed by atoms with Crippen molar-refractivity contribution < 1.29 is 14.3 Å². The van der Waals surface area contributed by atoms with E-state index in [0.717, 1.165) is 55.4 Å². The predicted molar refractivity (Wildman–Crippen MR) is 108 cm³/mol. The monoisotopic (exact) mass is 410 g/mol. The second-order valence-corrected chi connectivity index (χ2v) is 8.22. The van der Waals surface area contributed by atoms with Gasteiger partial charge >= 0.3 is 0 Å². The average molecular weight is 410 g/mol. The summed E-state index contributed by atoms with van der Waals surface area (Å²) in [6.45, 7) is 1.58. The minimum absolute atomic E-state index is 0.0391. The average Bonchev–Trinajstić information content (AvgIpc) is 3.33. The van der Waals surface area contributed by atoms with Crippen LogP contribution >= 0.6 is 0 Å². The number of fused-ring (bicyclic) bond motifs is 1. The van der Waals surface area contributed by atoms with Crippen LogP contribution in [-0.2, 0) is 4.79 Å². The molecule has 0 bridgehead atoms. The Balaban J connectivity index is 1.24. The second kappa shape index (κ2) is 7.32. The van der Waals surface area contributed by atoms with Gasteiger partial charge in [-0.2, -0.15) is 0 Å². The Morgan fingerprint density at radius 2 is 2.20 bits per heavy atom. The van der Waals surface area contributed by atoms with Crippen LogP contribution in [0.15, 0.2) is 36.9 Å². The van der Waals surface area contributed by atoms with Crippen molar-refractivity contribution in [3.8, 4) is 0 Å². The molecular weight excluding hydrogens is 387 g/mol. The number of hydrogen-bond donors (Lipinski definition) is 3. The van der Waals surface area contributed by atoms with Crippen molar-refractivity contribution in [3.05, 3.63) is 48.4 Å². The molecule has 156 valence electrons. The first kappa shape index (κ1) is 18.9. The number of aliphatic hydroxyl groups excluding tert-OH is 1. The molecule has 4 heterocycles. The molecule has 3 N–H and O–H groups in total. The van der Waals surface area contributed by atoms with E-state index in [1.54, 1.807) is 6.33 Å². The van der Waals surface area contributed by atoms with E-state index in [4.69, 9.17) is 0 Å². The summed E-state index contributed by atoms with van der Waals surface area (Å²) in [7, 11) is 0. The Morgan fingerprint density at radius 1 is 1.33 bits per heavy atom. The maximum atomic E-state index is 13.0. The minimum atomic E-state index is -0.965. The van der Waals surface area contributed by atoms with E-state index in [-0.39, 0.29) is 23.8 Å². The Hall–Kier alpha value is -3.07. The van der Waals surface area contributed by atoms with Crippen molar-refractivity contribution in [2.24, 2.45) is 11.3 Å². The van der Waals surface area contributed by atoms with Gasteiger partial charge in [-0.3, -0.25) is 9.78 Å². The molecule has 2 atom stereocenters. The quantitative estimate of drug-likeness (QED) is 0.594. The van der Waals surface area contributed by atoms with E-state index in [2.05, 4.69) is 30.2 Å².